The lowest BCUT2D eigenvalue weighted by atomic mass is 10.3. The van der Waals surface area contributed by atoms with Crippen LogP contribution in [0.15, 0.2) is 30.3 Å². The van der Waals surface area contributed by atoms with Crippen LogP contribution in [0.5, 0.6) is 0 Å². The molecule has 0 fully saturated rings. The minimum atomic E-state index is -4.58. The van der Waals surface area contributed by atoms with E-state index in [-0.39, 0.29) is 5.69 Å². The average molecular weight is 252 g/mol. The summed E-state index contributed by atoms with van der Waals surface area (Å²) in [5, 5.41) is 12.2. The topological polar surface area (TPSA) is 67.6 Å². The first-order valence-corrected chi connectivity index (χ1v) is 4.85. The Labute approximate surface area is 100 Å². The van der Waals surface area contributed by atoms with E-state index in [4.69, 9.17) is 11.0 Å². The first-order valence-electron chi connectivity index (χ1n) is 4.85. The second-order valence-corrected chi connectivity index (χ2v) is 3.53. The van der Waals surface area contributed by atoms with Gasteiger partial charge in [0.2, 0.25) is 0 Å². The third-order valence-electron chi connectivity index (χ3n) is 2.25. The molecule has 1 heterocycles. The number of halogens is 3. The second kappa shape index (κ2) is 4.07. The quantitative estimate of drug-likeness (QED) is 0.792. The summed E-state index contributed by atoms with van der Waals surface area (Å²) in [5.41, 5.74) is 5.00. The average Bonchev–Trinajstić information content (AvgIpc) is 2.73. The molecule has 0 amide bonds. The van der Waals surface area contributed by atoms with Gasteiger partial charge in [-0.25, -0.2) is 4.68 Å². The summed E-state index contributed by atoms with van der Waals surface area (Å²) in [7, 11) is 0. The van der Waals surface area contributed by atoms with Crippen molar-refractivity contribution in [1.82, 2.24) is 9.78 Å². The van der Waals surface area contributed by atoms with Gasteiger partial charge in [0, 0.05) is 11.8 Å². The van der Waals surface area contributed by atoms with Gasteiger partial charge in [-0.2, -0.15) is 23.5 Å². The molecule has 0 aliphatic heterocycles. The summed E-state index contributed by atoms with van der Waals surface area (Å²) in [6.45, 7) is 0. The Morgan fingerprint density at radius 3 is 2.33 bits per heavy atom. The lowest BCUT2D eigenvalue weighted by molar-refractivity contribution is -0.141. The molecule has 0 radical (unpaired) electrons. The zero-order chi connectivity index (χ0) is 13.3. The molecule has 0 saturated carbocycles. The van der Waals surface area contributed by atoms with E-state index in [9.17, 15) is 13.2 Å². The van der Waals surface area contributed by atoms with E-state index in [0.29, 0.717) is 17.4 Å². The molecular formula is C11H7F3N4. The number of nitrogen functional groups attached to an aromatic ring is 1. The number of benzene rings is 1. The number of aromatic nitrogens is 2. The fourth-order valence-corrected chi connectivity index (χ4v) is 1.41. The molecule has 1 aromatic heterocycles. The van der Waals surface area contributed by atoms with E-state index in [1.54, 1.807) is 6.07 Å². The fraction of sp³-hybridized carbons (Fsp3) is 0.0909. The molecule has 2 aromatic rings. The molecule has 0 bridgehead atoms. The number of nitriles is 1. The molecule has 92 valence electrons. The fourth-order valence-electron chi connectivity index (χ4n) is 1.41. The number of rotatable bonds is 1. The second-order valence-electron chi connectivity index (χ2n) is 3.53. The molecule has 0 spiro atoms. The SMILES string of the molecule is N#Cc1cc(C(F)(F)F)nn1-c1ccc(N)cc1. The van der Waals surface area contributed by atoms with Crippen molar-refractivity contribution in [3.05, 3.63) is 41.7 Å². The number of hydrogen-bond donors (Lipinski definition) is 1. The van der Waals surface area contributed by atoms with E-state index in [2.05, 4.69) is 5.10 Å². The van der Waals surface area contributed by atoms with Gasteiger partial charge in [0.15, 0.2) is 5.69 Å². The number of anilines is 1. The maximum atomic E-state index is 12.5. The maximum absolute atomic E-state index is 12.5. The zero-order valence-corrected chi connectivity index (χ0v) is 8.94. The van der Waals surface area contributed by atoms with Gasteiger partial charge in [-0.1, -0.05) is 0 Å². The summed E-state index contributed by atoms with van der Waals surface area (Å²) in [6, 6.07) is 8.39. The van der Waals surface area contributed by atoms with Crippen LogP contribution in [0.25, 0.3) is 5.69 Å². The molecule has 4 nitrogen and oxygen atoms in total. The standard InChI is InChI=1S/C11H7F3N4/c12-11(13,14)10-5-9(6-15)18(17-10)8-3-1-7(16)2-4-8/h1-5H,16H2. The molecule has 0 atom stereocenters. The highest BCUT2D eigenvalue weighted by atomic mass is 19.4. The van der Waals surface area contributed by atoms with Crippen molar-refractivity contribution in [2.45, 2.75) is 6.18 Å². The van der Waals surface area contributed by atoms with Crippen LogP contribution in [0.3, 0.4) is 0 Å². The third kappa shape index (κ3) is 2.13. The summed E-state index contributed by atoms with van der Waals surface area (Å²) in [6.07, 6.45) is -4.58. The van der Waals surface area contributed by atoms with E-state index < -0.39 is 11.9 Å². The number of nitrogens with zero attached hydrogens (tertiary/aromatic N) is 3. The first-order chi connectivity index (χ1) is 8.41. The molecule has 0 saturated heterocycles. The molecule has 2 N–H and O–H groups in total. The summed E-state index contributed by atoms with van der Waals surface area (Å²) in [5.74, 6) is 0. The number of hydrogen-bond acceptors (Lipinski definition) is 3. The highest BCUT2D eigenvalue weighted by Gasteiger charge is 2.35. The van der Waals surface area contributed by atoms with Gasteiger partial charge >= 0.3 is 6.18 Å². The van der Waals surface area contributed by atoms with E-state index in [1.165, 1.54) is 24.3 Å². The Hall–Kier alpha value is -2.49. The van der Waals surface area contributed by atoms with Gasteiger partial charge in [-0.15, -0.1) is 0 Å². The highest BCUT2D eigenvalue weighted by molar-refractivity contribution is 5.46. The van der Waals surface area contributed by atoms with Gasteiger partial charge in [-0.05, 0) is 24.3 Å². The van der Waals surface area contributed by atoms with Crippen molar-refractivity contribution in [2.75, 3.05) is 5.73 Å². The molecule has 2 rings (SSSR count). The molecule has 0 unspecified atom stereocenters. The monoisotopic (exact) mass is 252 g/mol. The van der Waals surface area contributed by atoms with Gasteiger partial charge in [-0.3, -0.25) is 0 Å². The molecular weight excluding hydrogens is 245 g/mol. The Morgan fingerprint density at radius 1 is 1.22 bits per heavy atom. The van der Waals surface area contributed by atoms with Crippen LogP contribution < -0.4 is 5.73 Å². The van der Waals surface area contributed by atoms with Crippen molar-refractivity contribution in [3.8, 4) is 11.8 Å². The maximum Gasteiger partial charge on any atom is 0.435 e. The van der Waals surface area contributed by atoms with Gasteiger partial charge < -0.3 is 5.73 Å². The van der Waals surface area contributed by atoms with E-state index >= 15 is 0 Å². The van der Waals surface area contributed by atoms with Crippen LogP contribution in [-0.4, -0.2) is 9.78 Å². The Bertz CT molecular complexity index is 605. The van der Waals surface area contributed by atoms with Crippen LogP contribution in [0.4, 0.5) is 18.9 Å². The Kier molecular flexibility index (Phi) is 2.71. The highest BCUT2D eigenvalue weighted by Crippen LogP contribution is 2.29. The minimum Gasteiger partial charge on any atom is -0.399 e. The van der Waals surface area contributed by atoms with Crippen molar-refractivity contribution in [2.24, 2.45) is 0 Å². The summed E-state index contributed by atoms with van der Waals surface area (Å²) >= 11 is 0. The summed E-state index contributed by atoms with van der Waals surface area (Å²) in [4.78, 5) is 0. The van der Waals surface area contributed by atoms with Crippen LogP contribution in [0.2, 0.25) is 0 Å². The minimum absolute atomic E-state index is 0.188. The molecule has 7 heteroatoms. The van der Waals surface area contributed by atoms with Crippen LogP contribution >= 0.6 is 0 Å². The molecule has 18 heavy (non-hydrogen) atoms. The number of nitrogens with two attached hydrogens (primary N) is 1. The molecule has 1 aromatic carbocycles. The molecule has 0 aliphatic carbocycles. The predicted octanol–water partition coefficient (Wildman–Crippen LogP) is 2.34. The Morgan fingerprint density at radius 2 is 1.83 bits per heavy atom. The lowest BCUT2D eigenvalue weighted by Crippen LogP contribution is -2.07. The van der Waals surface area contributed by atoms with Crippen LogP contribution in [0.1, 0.15) is 11.4 Å². The zero-order valence-electron chi connectivity index (χ0n) is 8.94. The smallest absolute Gasteiger partial charge is 0.399 e. The van der Waals surface area contributed by atoms with Crippen LogP contribution in [-0.2, 0) is 6.18 Å². The van der Waals surface area contributed by atoms with Crippen molar-refractivity contribution >= 4 is 5.69 Å². The largest absolute Gasteiger partial charge is 0.435 e. The van der Waals surface area contributed by atoms with Gasteiger partial charge in [0.05, 0.1) is 5.69 Å². The lowest BCUT2D eigenvalue weighted by Gasteiger charge is -2.03. The van der Waals surface area contributed by atoms with Gasteiger partial charge in [0.1, 0.15) is 11.8 Å². The third-order valence-corrected chi connectivity index (χ3v) is 2.25. The predicted molar refractivity (Wildman–Crippen MR) is 57.7 cm³/mol. The number of alkyl halides is 3. The Balaban J connectivity index is 2.54. The van der Waals surface area contributed by atoms with E-state index in [1.807, 2.05) is 0 Å². The van der Waals surface area contributed by atoms with Gasteiger partial charge in [0.25, 0.3) is 0 Å². The van der Waals surface area contributed by atoms with Crippen LogP contribution in [0, 0.1) is 11.3 Å². The summed E-state index contributed by atoms with van der Waals surface area (Å²) < 4.78 is 38.4. The van der Waals surface area contributed by atoms with Crippen molar-refractivity contribution in [3.63, 3.8) is 0 Å². The van der Waals surface area contributed by atoms with Crippen molar-refractivity contribution in [1.29, 1.82) is 5.26 Å². The van der Waals surface area contributed by atoms with E-state index in [0.717, 1.165) is 4.68 Å². The van der Waals surface area contributed by atoms with Crippen molar-refractivity contribution < 1.29 is 13.2 Å². The normalized spacial score (nSPS) is 11.2. The molecule has 0 aliphatic rings. The first kappa shape index (κ1) is 12.0.